The van der Waals surface area contributed by atoms with Crippen molar-refractivity contribution < 1.29 is 13.2 Å². The molecule has 3 rings (SSSR count). The fourth-order valence-corrected chi connectivity index (χ4v) is 4.82. The zero-order valence-electron chi connectivity index (χ0n) is 13.5. The fraction of sp³-hybridized carbons (Fsp3) is 0.316. The van der Waals surface area contributed by atoms with Gasteiger partial charge in [0.15, 0.2) is 9.84 Å². The smallest absolute Gasteiger partial charge is 0.253 e. The number of likely N-dealkylation sites (tertiary alicyclic amines) is 1. The Kier molecular flexibility index (Phi) is 5.00. The van der Waals surface area contributed by atoms with E-state index in [-0.39, 0.29) is 17.6 Å². The first-order chi connectivity index (χ1) is 11.6. The van der Waals surface area contributed by atoms with Gasteiger partial charge in [-0.3, -0.25) is 4.79 Å². The topological polar surface area (TPSA) is 54.5 Å². The van der Waals surface area contributed by atoms with Crippen LogP contribution in [0.2, 0.25) is 0 Å². The largest absolute Gasteiger partial charge is 0.339 e. The van der Waals surface area contributed by atoms with E-state index in [9.17, 15) is 13.2 Å². The molecule has 0 radical (unpaired) electrons. The van der Waals surface area contributed by atoms with Crippen LogP contribution in [0.15, 0.2) is 65.6 Å². The molecule has 0 spiro atoms. The molecule has 1 amide bonds. The number of carbonyl (C=O) groups is 1. The van der Waals surface area contributed by atoms with Crippen LogP contribution in [0.25, 0.3) is 0 Å². The zero-order chi connectivity index (χ0) is 17.0. The summed E-state index contributed by atoms with van der Waals surface area (Å²) in [6, 6.07) is 17.8. The lowest BCUT2D eigenvalue weighted by molar-refractivity contribution is 0.0698. The van der Waals surface area contributed by atoms with E-state index in [1.165, 1.54) is 0 Å². The van der Waals surface area contributed by atoms with Crippen LogP contribution in [-0.4, -0.2) is 38.1 Å². The standard InChI is InChI=1S/C19H21NO3S/c21-19(17-7-3-1-4-8-17)20-13-11-16(12-14-20)15-24(22,23)18-9-5-2-6-10-18/h1-10,16H,11-15H2. The molecule has 0 saturated carbocycles. The predicted molar refractivity (Wildman–Crippen MR) is 93.6 cm³/mol. The molecule has 0 aliphatic carbocycles. The Balaban J connectivity index is 1.59. The maximum absolute atomic E-state index is 12.5. The predicted octanol–water partition coefficient (Wildman–Crippen LogP) is 3.01. The molecule has 0 unspecified atom stereocenters. The third-order valence-corrected chi connectivity index (χ3v) is 6.38. The van der Waals surface area contributed by atoms with Crippen LogP contribution in [0, 0.1) is 5.92 Å². The van der Waals surface area contributed by atoms with Crippen LogP contribution in [0.5, 0.6) is 0 Å². The van der Waals surface area contributed by atoms with Crippen molar-refractivity contribution in [1.29, 1.82) is 0 Å². The van der Waals surface area contributed by atoms with Crippen molar-refractivity contribution >= 4 is 15.7 Å². The van der Waals surface area contributed by atoms with E-state index in [1.807, 2.05) is 41.3 Å². The Morgan fingerprint density at radius 1 is 0.917 bits per heavy atom. The van der Waals surface area contributed by atoms with Crippen LogP contribution in [-0.2, 0) is 9.84 Å². The number of amides is 1. The van der Waals surface area contributed by atoms with Crippen molar-refractivity contribution in [3.8, 4) is 0 Å². The molecular formula is C19H21NO3S. The number of rotatable bonds is 4. The van der Waals surface area contributed by atoms with E-state index in [0.717, 1.165) is 12.8 Å². The molecular weight excluding hydrogens is 322 g/mol. The number of hydrogen-bond acceptors (Lipinski definition) is 3. The summed E-state index contributed by atoms with van der Waals surface area (Å²) in [5, 5.41) is 0. The molecule has 0 bridgehead atoms. The number of hydrogen-bond donors (Lipinski definition) is 0. The molecule has 4 nitrogen and oxygen atoms in total. The Morgan fingerprint density at radius 2 is 1.46 bits per heavy atom. The van der Waals surface area contributed by atoms with Gasteiger partial charge in [0.25, 0.3) is 5.91 Å². The summed E-state index contributed by atoms with van der Waals surface area (Å²) in [5.74, 6) is 0.291. The summed E-state index contributed by atoms with van der Waals surface area (Å²) in [4.78, 5) is 14.6. The maximum atomic E-state index is 12.5. The quantitative estimate of drug-likeness (QED) is 0.857. The summed E-state index contributed by atoms with van der Waals surface area (Å²) in [6.07, 6.45) is 1.45. The van der Waals surface area contributed by atoms with Gasteiger partial charge in [-0.1, -0.05) is 36.4 Å². The first-order valence-electron chi connectivity index (χ1n) is 8.18. The van der Waals surface area contributed by atoms with Gasteiger partial charge in [-0.25, -0.2) is 8.42 Å². The highest BCUT2D eigenvalue weighted by Crippen LogP contribution is 2.23. The Morgan fingerprint density at radius 3 is 2.04 bits per heavy atom. The normalized spacial score (nSPS) is 16.1. The first-order valence-corrected chi connectivity index (χ1v) is 9.83. The summed E-state index contributed by atoms with van der Waals surface area (Å²) < 4.78 is 24.9. The third kappa shape index (κ3) is 3.85. The Hall–Kier alpha value is -2.14. The highest BCUT2D eigenvalue weighted by atomic mass is 32.2. The second-order valence-electron chi connectivity index (χ2n) is 6.20. The minimum absolute atomic E-state index is 0.0277. The average molecular weight is 343 g/mol. The van der Waals surface area contributed by atoms with Gasteiger partial charge in [0, 0.05) is 18.7 Å². The molecule has 1 aliphatic heterocycles. The van der Waals surface area contributed by atoms with Crippen molar-refractivity contribution in [2.45, 2.75) is 17.7 Å². The molecule has 1 saturated heterocycles. The number of piperidine rings is 1. The van der Waals surface area contributed by atoms with Gasteiger partial charge in [-0.05, 0) is 43.0 Å². The molecule has 1 fully saturated rings. The SMILES string of the molecule is O=C(c1ccccc1)N1CCC(CS(=O)(=O)c2ccccc2)CC1. The Labute approximate surface area is 143 Å². The highest BCUT2D eigenvalue weighted by molar-refractivity contribution is 7.91. The number of nitrogens with zero attached hydrogens (tertiary/aromatic N) is 1. The van der Waals surface area contributed by atoms with Gasteiger partial charge in [0.1, 0.15) is 0 Å². The summed E-state index contributed by atoms with van der Waals surface area (Å²) in [6.45, 7) is 1.23. The summed E-state index contributed by atoms with van der Waals surface area (Å²) in [7, 11) is -3.25. The third-order valence-electron chi connectivity index (χ3n) is 4.48. The Bertz CT molecular complexity index is 780. The molecule has 2 aromatic rings. The number of benzene rings is 2. The zero-order valence-corrected chi connectivity index (χ0v) is 14.3. The minimum atomic E-state index is -3.25. The van der Waals surface area contributed by atoms with E-state index >= 15 is 0 Å². The lowest BCUT2D eigenvalue weighted by atomic mass is 9.98. The van der Waals surface area contributed by atoms with E-state index in [2.05, 4.69) is 0 Å². The van der Waals surface area contributed by atoms with Gasteiger partial charge in [0.2, 0.25) is 0 Å². The maximum Gasteiger partial charge on any atom is 0.253 e. The number of sulfone groups is 1. The van der Waals surface area contributed by atoms with Gasteiger partial charge < -0.3 is 4.90 Å². The molecule has 0 N–H and O–H groups in total. The summed E-state index contributed by atoms with van der Waals surface area (Å²) >= 11 is 0. The van der Waals surface area contributed by atoms with Crippen LogP contribution >= 0.6 is 0 Å². The van der Waals surface area contributed by atoms with Crippen molar-refractivity contribution in [1.82, 2.24) is 4.90 Å². The number of carbonyl (C=O) groups excluding carboxylic acids is 1. The van der Waals surface area contributed by atoms with E-state index in [1.54, 1.807) is 24.3 Å². The molecule has 2 aromatic carbocycles. The lowest BCUT2D eigenvalue weighted by Crippen LogP contribution is -2.39. The summed E-state index contributed by atoms with van der Waals surface area (Å²) in [5.41, 5.74) is 0.688. The molecule has 5 heteroatoms. The molecule has 1 aliphatic rings. The van der Waals surface area contributed by atoms with E-state index in [0.29, 0.717) is 23.5 Å². The monoisotopic (exact) mass is 343 g/mol. The molecule has 1 heterocycles. The van der Waals surface area contributed by atoms with Crippen LogP contribution in [0.1, 0.15) is 23.2 Å². The van der Waals surface area contributed by atoms with E-state index in [4.69, 9.17) is 0 Å². The van der Waals surface area contributed by atoms with Crippen molar-refractivity contribution in [2.75, 3.05) is 18.8 Å². The highest BCUT2D eigenvalue weighted by Gasteiger charge is 2.27. The van der Waals surface area contributed by atoms with Crippen LogP contribution in [0.4, 0.5) is 0 Å². The van der Waals surface area contributed by atoms with Crippen LogP contribution in [0.3, 0.4) is 0 Å². The van der Waals surface area contributed by atoms with Gasteiger partial charge in [-0.15, -0.1) is 0 Å². The minimum Gasteiger partial charge on any atom is -0.339 e. The van der Waals surface area contributed by atoms with Crippen molar-refractivity contribution in [3.05, 3.63) is 66.2 Å². The van der Waals surface area contributed by atoms with Gasteiger partial charge >= 0.3 is 0 Å². The average Bonchev–Trinajstić information content (AvgIpc) is 2.63. The molecule has 0 atom stereocenters. The van der Waals surface area contributed by atoms with Crippen LogP contribution < -0.4 is 0 Å². The molecule has 126 valence electrons. The fourth-order valence-electron chi connectivity index (χ4n) is 3.10. The molecule has 0 aromatic heterocycles. The van der Waals surface area contributed by atoms with Gasteiger partial charge in [-0.2, -0.15) is 0 Å². The first kappa shape index (κ1) is 16.7. The van der Waals surface area contributed by atoms with Crippen molar-refractivity contribution in [3.63, 3.8) is 0 Å². The second kappa shape index (κ2) is 7.18. The van der Waals surface area contributed by atoms with Gasteiger partial charge in [0.05, 0.1) is 10.6 Å². The second-order valence-corrected chi connectivity index (χ2v) is 8.23. The lowest BCUT2D eigenvalue weighted by Gasteiger charge is -2.32. The van der Waals surface area contributed by atoms with E-state index < -0.39 is 9.84 Å². The molecule has 24 heavy (non-hydrogen) atoms. The van der Waals surface area contributed by atoms with Crippen molar-refractivity contribution in [2.24, 2.45) is 5.92 Å².